The molecule has 0 unspecified atom stereocenters. The third-order valence-corrected chi connectivity index (χ3v) is 4.37. The highest BCUT2D eigenvalue weighted by Gasteiger charge is 2.24. The first-order valence-electron chi connectivity index (χ1n) is 8.56. The van der Waals surface area contributed by atoms with E-state index in [-0.39, 0.29) is 17.2 Å². The van der Waals surface area contributed by atoms with Gasteiger partial charge in [-0.3, -0.25) is 4.99 Å². The number of nitrogens with two attached hydrogens (primary N) is 1. The maximum Gasteiger partial charge on any atom is 0.238 e. The van der Waals surface area contributed by atoms with Crippen LogP contribution in [-0.2, 0) is 6.42 Å². The number of halogens is 2. The number of hydrogen-bond acceptors (Lipinski definition) is 6. The summed E-state index contributed by atoms with van der Waals surface area (Å²) in [5.41, 5.74) is 8.79. The average Bonchev–Trinajstić information content (AvgIpc) is 2.84. The van der Waals surface area contributed by atoms with E-state index in [2.05, 4.69) is 40.3 Å². The van der Waals surface area contributed by atoms with Crippen LogP contribution in [0.3, 0.4) is 0 Å². The van der Waals surface area contributed by atoms with Crippen molar-refractivity contribution in [1.82, 2.24) is 14.6 Å². The highest BCUT2D eigenvalue weighted by Crippen LogP contribution is 2.36. The van der Waals surface area contributed by atoms with Crippen molar-refractivity contribution in [3.63, 3.8) is 0 Å². The van der Waals surface area contributed by atoms with E-state index in [9.17, 15) is 8.78 Å². The number of fused-ring (bicyclic) bond motifs is 1. The molecule has 9 heteroatoms. The van der Waals surface area contributed by atoms with Crippen LogP contribution in [0.2, 0.25) is 0 Å². The number of rotatable bonds is 4. The molecule has 5 nitrogen and oxygen atoms in total. The van der Waals surface area contributed by atoms with E-state index in [1.165, 1.54) is 16.8 Å². The zero-order valence-electron chi connectivity index (χ0n) is 16.0. The van der Waals surface area contributed by atoms with E-state index < -0.39 is 15.7 Å². The van der Waals surface area contributed by atoms with Crippen LogP contribution < -0.4 is 5.73 Å². The van der Waals surface area contributed by atoms with Crippen LogP contribution in [0.25, 0.3) is 16.6 Å². The fraction of sp³-hybridized carbons (Fsp3) is 0.316. The Morgan fingerprint density at radius 2 is 1.93 bits per heavy atom. The average molecular weight is 422 g/mol. The molecule has 0 aliphatic rings. The van der Waals surface area contributed by atoms with Crippen molar-refractivity contribution >= 4 is 48.1 Å². The van der Waals surface area contributed by atoms with E-state index in [1.807, 2.05) is 0 Å². The lowest BCUT2D eigenvalue weighted by atomic mass is 10.0. The predicted octanol–water partition coefficient (Wildman–Crippen LogP) is 4.80. The van der Waals surface area contributed by atoms with Crippen LogP contribution in [0.15, 0.2) is 23.3 Å². The Bertz CT molecular complexity index is 1070. The van der Waals surface area contributed by atoms with Gasteiger partial charge in [0, 0.05) is 17.7 Å². The molecule has 2 N–H and O–H groups in total. The molecule has 28 heavy (non-hydrogen) atoms. The summed E-state index contributed by atoms with van der Waals surface area (Å²) in [5, 5.41) is 4.05. The number of aromatic nitrogens is 3. The van der Waals surface area contributed by atoms with Gasteiger partial charge in [-0.2, -0.15) is 25.3 Å². The lowest BCUT2D eigenvalue weighted by Crippen LogP contribution is -2.15. The molecule has 2 heterocycles. The number of aliphatic imine (C=N–C) groups is 1. The minimum Gasteiger partial charge on any atom is -0.367 e. The SMILES string of the molecule is CC(C)=Nc1c(C)cc(-c2c(F)cn3nc(N)nc(CC(C)(S)S)c23)cc1F. The highest BCUT2D eigenvalue weighted by molar-refractivity contribution is 8.00. The van der Waals surface area contributed by atoms with Gasteiger partial charge in [0.25, 0.3) is 0 Å². The third kappa shape index (κ3) is 4.15. The molecule has 2 aromatic heterocycles. The first-order chi connectivity index (χ1) is 13.0. The standard InChI is InChI=1S/C19H21F2N5S2/c1-9(2)23-16-10(3)5-11(6-12(16)20)15-13(21)8-26-17(15)14(7-19(4,27)28)24-18(22)25-26/h5-6,8,27-28H,7H2,1-4H3,(H2,22,25). The van der Waals surface area contributed by atoms with Crippen molar-refractivity contribution in [2.45, 2.75) is 38.2 Å². The molecule has 0 spiro atoms. The van der Waals surface area contributed by atoms with E-state index in [1.54, 1.807) is 33.8 Å². The van der Waals surface area contributed by atoms with Crippen LogP contribution in [0.4, 0.5) is 20.4 Å². The number of nitrogens with zero attached hydrogens (tertiary/aromatic N) is 4. The van der Waals surface area contributed by atoms with E-state index in [0.29, 0.717) is 28.8 Å². The Kier molecular flexibility index (Phi) is 5.42. The molecule has 0 fully saturated rings. The summed E-state index contributed by atoms with van der Waals surface area (Å²) in [6, 6.07) is 2.97. The Labute approximate surface area is 172 Å². The molecule has 1 aromatic carbocycles. The van der Waals surface area contributed by atoms with E-state index in [4.69, 9.17) is 5.73 Å². The van der Waals surface area contributed by atoms with Gasteiger partial charge in [0.15, 0.2) is 5.82 Å². The molecule has 0 aliphatic heterocycles. The molecule has 0 saturated heterocycles. The van der Waals surface area contributed by atoms with Gasteiger partial charge in [0.2, 0.25) is 5.95 Å². The van der Waals surface area contributed by atoms with Gasteiger partial charge < -0.3 is 5.73 Å². The minimum atomic E-state index is -0.711. The molecule has 0 saturated carbocycles. The van der Waals surface area contributed by atoms with Gasteiger partial charge in [-0.15, -0.1) is 5.10 Å². The van der Waals surface area contributed by atoms with Crippen molar-refractivity contribution in [2.75, 3.05) is 5.73 Å². The molecule has 0 atom stereocenters. The zero-order valence-corrected chi connectivity index (χ0v) is 17.7. The first kappa shape index (κ1) is 20.6. The molecule has 3 aromatic rings. The van der Waals surface area contributed by atoms with Crippen LogP contribution in [0, 0.1) is 18.6 Å². The molecule has 0 bridgehead atoms. The quantitative estimate of drug-likeness (QED) is 0.322. The number of aryl methyl sites for hydroxylation is 1. The van der Waals surface area contributed by atoms with Crippen LogP contribution in [-0.4, -0.2) is 24.4 Å². The smallest absolute Gasteiger partial charge is 0.238 e. The second kappa shape index (κ2) is 7.36. The Morgan fingerprint density at radius 3 is 2.50 bits per heavy atom. The molecule has 3 rings (SSSR count). The second-order valence-electron chi connectivity index (χ2n) is 7.14. The van der Waals surface area contributed by atoms with Gasteiger partial charge in [-0.25, -0.2) is 18.3 Å². The molecule has 0 amide bonds. The summed E-state index contributed by atoms with van der Waals surface area (Å²) < 4.78 is 30.2. The Morgan fingerprint density at radius 1 is 1.25 bits per heavy atom. The summed E-state index contributed by atoms with van der Waals surface area (Å²) in [5.74, 6) is -1.08. The lowest BCUT2D eigenvalue weighted by molar-refractivity contribution is 0.624. The van der Waals surface area contributed by atoms with Crippen molar-refractivity contribution in [1.29, 1.82) is 0 Å². The largest absolute Gasteiger partial charge is 0.367 e. The monoisotopic (exact) mass is 421 g/mol. The number of thiol groups is 2. The second-order valence-corrected chi connectivity index (χ2v) is 9.47. The van der Waals surface area contributed by atoms with Gasteiger partial charge in [0.05, 0.1) is 21.5 Å². The number of hydrogen-bond donors (Lipinski definition) is 3. The van der Waals surface area contributed by atoms with E-state index >= 15 is 0 Å². The summed E-state index contributed by atoms with van der Waals surface area (Å²) in [7, 11) is 0. The maximum atomic E-state index is 14.9. The molecule has 0 radical (unpaired) electrons. The van der Waals surface area contributed by atoms with Gasteiger partial charge in [-0.1, -0.05) is 0 Å². The lowest BCUT2D eigenvalue weighted by Gasteiger charge is -2.17. The summed E-state index contributed by atoms with van der Waals surface area (Å²) in [4.78, 5) is 8.48. The van der Waals surface area contributed by atoms with Crippen molar-refractivity contribution in [3.05, 3.63) is 41.2 Å². The normalized spacial score (nSPS) is 11.9. The minimum absolute atomic E-state index is 0.000402. The summed E-state index contributed by atoms with van der Waals surface area (Å²) in [6.07, 6.45) is 1.50. The first-order valence-corrected chi connectivity index (χ1v) is 9.46. The fourth-order valence-electron chi connectivity index (χ4n) is 3.10. The number of anilines is 1. The summed E-state index contributed by atoms with van der Waals surface area (Å²) >= 11 is 8.83. The Hall–Kier alpha value is -2.13. The maximum absolute atomic E-state index is 14.9. The van der Waals surface area contributed by atoms with Gasteiger partial charge >= 0.3 is 0 Å². The number of nitrogen functional groups attached to an aromatic ring is 1. The Balaban J connectivity index is 2.29. The molecule has 0 aliphatic carbocycles. The van der Waals surface area contributed by atoms with Gasteiger partial charge in [0.1, 0.15) is 11.5 Å². The fourth-order valence-corrected chi connectivity index (χ4v) is 3.40. The van der Waals surface area contributed by atoms with E-state index in [0.717, 1.165) is 5.71 Å². The van der Waals surface area contributed by atoms with Crippen molar-refractivity contribution in [2.24, 2.45) is 4.99 Å². The molecular formula is C19H21F2N5S2. The summed E-state index contributed by atoms with van der Waals surface area (Å²) in [6.45, 7) is 7.09. The molecule has 148 valence electrons. The van der Waals surface area contributed by atoms with Crippen LogP contribution in [0.1, 0.15) is 32.0 Å². The van der Waals surface area contributed by atoms with Crippen LogP contribution >= 0.6 is 25.3 Å². The number of benzene rings is 1. The zero-order chi connectivity index (χ0) is 20.8. The third-order valence-electron chi connectivity index (χ3n) is 4.05. The van der Waals surface area contributed by atoms with Gasteiger partial charge in [-0.05, 0) is 51.0 Å². The predicted molar refractivity (Wildman–Crippen MR) is 116 cm³/mol. The molecular weight excluding hydrogens is 400 g/mol. The van der Waals surface area contributed by atoms with Crippen LogP contribution in [0.5, 0.6) is 0 Å². The van der Waals surface area contributed by atoms with Crippen molar-refractivity contribution in [3.8, 4) is 11.1 Å². The van der Waals surface area contributed by atoms with Crippen molar-refractivity contribution < 1.29 is 8.78 Å². The topological polar surface area (TPSA) is 68.6 Å². The highest BCUT2D eigenvalue weighted by atomic mass is 32.2.